The Kier molecular flexibility index (Phi) is 7.26. The second-order valence-corrected chi connectivity index (χ2v) is 7.94. The maximum atomic E-state index is 14.8. The zero-order valence-electron chi connectivity index (χ0n) is 18.7. The van der Waals surface area contributed by atoms with E-state index < -0.39 is 40.3 Å². The molecule has 4 nitrogen and oxygen atoms in total. The van der Waals surface area contributed by atoms with Crippen molar-refractivity contribution >= 4 is 17.7 Å². The number of aryl methyl sites for hydroxylation is 1. The monoisotopic (exact) mass is 460 g/mol. The number of amides is 1. The van der Waals surface area contributed by atoms with Crippen molar-refractivity contribution in [2.75, 3.05) is 5.32 Å². The summed E-state index contributed by atoms with van der Waals surface area (Å²) in [6, 6.07) is 9.21. The Hall–Kier alpha value is -3.55. The minimum Gasteiger partial charge on any atom is -0.465 e. The minimum atomic E-state index is -1.57. The Morgan fingerprint density at radius 1 is 0.970 bits per heavy atom. The van der Waals surface area contributed by atoms with E-state index in [1.165, 1.54) is 31.2 Å². The lowest BCUT2D eigenvalue weighted by Gasteiger charge is -2.13. The van der Waals surface area contributed by atoms with Crippen molar-refractivity contribution in [3.8, 4) is 11.1 Å². The lowest BCUT2D eigenvalue weighted by atomic mass is 9.99. The number of benzene rings is 2. The van der Waals surface area contributed by atoms with Crippen LogP contribution >= 0.6 is 0 Å². The van der Waals surface area contributed by atoms with E-state index in [0.717, 1.165) is 11.8 Å². The molecule has 2 aromatic carbocycles. The molecule has 0 aliphatic carbocycles. The molecular formula is C25H24F4N2O2. The molecular weight excluding hydrogens is 436 g/mol. The van der Waals surface area contributed by atoms with Gasteiger partial charge < -0.3 is 15.1 Å². The van der Waals surface area contributed by atoms with Gasteiger partial charge in [0, 0.05) is 17.3 Å². The Bertz CT molecular complexity index is 1170. The first-order chi connectivity index (χ1) is 15.6. The fourth-order valence-corrected chi connectivity index (χ4v) is 3.21. The molecule has 0 saturated carbocycles. The van der Waals surface area contributed by atoms with Crippen LogP contribution in [0.4, 0.5) is 23.2 Å². The molecule has 0 radical (unpaired) electrons. The van der Waals surface area contributed by atoms with E-state index in [9.17, 15) is 22.4 Å². The van der Waals surface area contributed by atoms with E-state index in [4.69, 9.17) is 4.42 Å². The van der Waals surface area contributed by atoms with E-state index in [1.807, 2.05) is 19.1 Å². The van der Waals surface area contributed by atoms with Gasteiger partial charge >= 0.3 is 0 Å². The van der Waals surface area contributed by atoms with Crippen LogP contribution in [0.15, 0.2) is 46.4 Å². The van der Waals surface area contributed by atoms with Crippen LogP contribution in [0.25, 0.3) is 17.2 Å². The molecule has 0 aliphatic rings. The van der Waals surface area contributed by atoms with Gasteiger partial charge in [-0.15, -0.1) is 0 Å². The van der Waals surface area contributed by atoms with Gasteiger partial charge in [-0.3, -0.25) is 4.79 Å². The number of anilines is 1. The average molecular weight is 460 g/mol. The van der Waals surface area contributed by atoms with Crippen molar-refractivity contribution in [3.63, 3.8) is 0 Å². The van der Waals surface area contributed by atoms with Crippen molar-refractivity contribution in [2.24, 2.45) is 0 Å². The summed E-state index contributed by atoms with van der Waals surface area (Å²) in [5.41, 5.74) is -1.26. The summed E-state index contributed by atoms with van der Waals surface area (Å²) < 4.78 is 64.4. The highest BCUT2D eigenvalue weighted by Gasteiger charge is 2.26. The van der Waals surface area contributed by atoms with Gasteiger partial charge in [0.25, 0.3) is 0 Å². The van der Waals surface area contributed by atoms with Gasteiger partial charge in [0.05, 0.1) is 17.7 Å². The normalized spacial score (nSPS) is 11.7. The number of hydrogen-bond donors (Lipinski definition) is 2. The summed E-state index contributed by atoms with van der Waals surface area (Å²) in [7, 11) is 0. The third-order valence-corrected chi connectivity index (χ3v) is 4.87. The maximum Gasteiger partial charge on any atom is 0.247 e. The SMILES string of the molecule is C/C(=C\c1c(F)c(F)c(-c2ccc(NCc3ccc(C)o3)cc2)c(F)c1F)C(=O)NC(C)C. The molecule has 1 amide bonds. The van der Waals surface area contributed by atoms with Gasteiger partial charge in [0.1, 0.15) is 11.5 Å². The van der Waals surface area contributed by atoms with Crippen LogP contribution in [0.5, 0.6) is 0 Å². The summed E-state index contributed by atoms with van der Waals surface area (Å²) in [5.74, 6) is -5.34. The molecule has 0 saturated heterocycles. The highest BCUT2D eigenvalue weighted by molar-refractivity contribution is 5.97. The lowest BCUT2D eigenvalue weighted by Crippen LogP contribution is -2.30. The molecule has 0 atom stereocenters. The standard InChI is InChI=1S/C25H24F4N2O2/c1-13(2)31-25(32)14(3)11-19-21(26)23(28)20(24(29)22(19)27)16-6-8-17(9-7-16)30-12-18-10-5-15(4)33-18/h5-11,13,30H,12H2,1-4H3,(H,31,32)/b14-11+. The fraction of sp³-hybridized carbons (Fsp3) is 0.240. The molecule has 1 heterocycles. The molecule has 33 heavy (non-hydrogen) atoms. The number of furan rings is 1. The quantitative estimate of drug-likeness (QED) is 0.245. The molecule has 0 spiro atoms. The second-order valence-electron chi connectivity index (χ2n) is 7.94. The molecule has 0 bridgehead atoms. The summed E-state index contributed by atoms with van der Waals surface area (Å²) in [6.45, 7) is 6.93. The Morgan fingerprint density at radius 2 is 1.58 bits per heavy atom. The molecule has 8 heteroatoms. The van der Waals surface area contributed by atoms with Gasteiger partial charge in [0.2, 0.25) is 5.91 Å². The van der Waals surface area contributed by atoms with Crippen LogP contribution in [-0.4, -0.2) is 11.9 Å². The molecule has 174 valence electrons. The molecule has 0 aliphatic heterocycles. The van der Waals surface area contributed by atoms with Gasteiger partial charge in [-0.2, -0.15) is 0 Å². The van der Waals surface area contributed by atoms with Crippen LogP contribution < -0.4 is 10.6 Å². The fourth-order valence-electron chi connectivity index (χ4n) is 3.21. The lowest BCUT2D eigenvalue weighted by molar-refractivity contribution is -0.117. The summed E-state index contributed by atoms with van der Waals surface area (Å²) in [4.78, 5) is 12.0. The highest BCUT2D eigenvalue weighted by Crippen LogP contribution is 2.33. The number of halogens is 4. The molecule has 1 aromatic heterocycles. The molecule has 0 unspecified atom stereocenters. The number of hydrogen-bond acceptors (Lipinski definition) is 3. The van der Waals surface area contributed by atoms with Gasteiger partial charge in [0.15, 0.2) is 23.3 Å². The number of carbonyl (C=O) groups excluding carboxylic acids is 1. The van der Waals surface area contributed by atoms with E-state index in [0.29, 0.717) is 18.0 Å². The summed E-state index contributed by atoms with van der Waals surface area (Å²) in [5, 5.41) is 5.63. The van der Waals surface area contributed by atoms with Crippen LogP contribution in [0.3, 0.4) is 0 Å². The minimum absolute atomic E-state index is 0.0352. The van der Waals surface area contributed by atoms with Gasteiger partial charge in [-0.05, 0) is 63.6 Å². The van der Waals surface area contributed by atoms with Crippen molar-refractivity contribution in [3.05, 3.63) is 82.3 Å². The van der Waals surface area contributed by atoms with Crippen LogP contribution in [0.1, 0.15) is 37.9 Å². The number of rotatable bonds is 7. The Balaban J connectivity index is 1.89. The summed E-state index contributed by atoms with van der Waals surface area (Å²) in [6.07, 6.45) is 0.793. The van der Waals surface area contributed by atoms with Crippen molar-refractivity contribution in [1.82, 2.24) is 5.32 Å². The van der Waals surface area contributed by atoms with Gasteiger partial charge in [-0.25, -0.2) is 17.6 Å². The average Bonchev–Trinajstić information content (AvgIpc) is 3.19. The zero-order chi connectivity index (χ0) is 24.3. The Labute approximate surface area is 189 Å². The van der Waals surface area contributed by atoms with Crippen LogP contribution in [0.2, 0.25) is 0 Å². The first-order valence-corrected chi connectivity index (χ1v) is 10.3. The van der Waals surface area contributed by atoms with Crippen LogP contribution in [0, 0.1) is 30.2 Å². The molecule has 3 rings (SSSR count). The first-order valence-electron chi connectivity index (χ1n) is 10.3. The van der Waals surface area contributed by atoms with Crippen molar-refractivity contribution in [1.29, 1.82) is 0 Å². The zero-order valence-corrected chi connectivity index (χ0v) is 18.7. The Morgan fingerprint density at radius 3 is 2.09 bits per heavy atom. The predicted molar refractivity (Wildman–Crippen MR) is 119 cm³/mol. The van der Waals surface area contributed by atoms with E-state index >= 15 is 0 Å². The van der Waals surface area contributed by atoms with Crippen molar-refractivity contribution < 1.29 is 26.8 Å². The second kappa shape index (κ2) is 9.94. The molecule has 0 fully saturated rings. The largest absolute Gasteiger partial charge is 0.465 e. The highest BCUT2D eigenvalue weighted by atomic mass is 19.2. The smallest absolute Gasteiger partial charge is 0.247 e. The summed E-state index contributed by atoms with van der Waals surface area (Å²) >= 11 is 0. The first kappa shape index (κ1) is 24.1. The van der Waals surface area contributed by atoms with Gasteiger partial charge in [-0.1, -0.05) is 12.1 Å². The third-order valence-electron chi connectivity index (χ3n) is 4.87. The maximum absolute atomic E-state index is 14.8. The number of nitrogens with one attached hydrogen (secondary N) is 2. The predicted octanol–water partition coefficient (Wildman–Crippen LogP) is 6.35. The third kappa shape index (κ3) is 5.45. The number of carbonyl (C=O) groups is 1. The van der Waals surface area contributed by atoms with E-state index in [2.05, 4.69) is 10.6 Å². The van der Waals surface area contributed by atoms with Crippen molar-refractivity contribution in [2.45, 2.75) is 40.3 Å². The van der Waals surface area contributed by atoms with E-state index in [1.54, 1.807) is 13.8 Å². The van der Waals surface area contributed by atoms with Crippen LogP contribution in [-0.2, 0) is 11.3 Å². The molecule has 3 aromatic rings. The topological polar surface area (TPSA) is 54.3 Å². The van der Waals surface area contributed by atoms with E-state index in [-0.39, 0.29) is 17.2 Å². The molecule has 2 N–H and O–H groups in total.